The number of hydrazine groups is 1. The number of nitrogens with two attached hydrogens (primary N) is 1. The van der Waals surface area contributed by atoms with Gasteiger partial charge in [-0.1, -0.05) is 20.8 Å². The molecule has 0 spiro atoms. The van der Waals surface area contributed by atoms with E-state index in [-0.39, 0.29) is 11.5 Å². The van der Waals surface area contributed by atoms with Crippen molar-refractivity contribution in [2.24, 2.45) is 12.9 Å². The maximum atomic E-state index is 5.71. The molecule has 0 aliphatic rings. The molecular formula is C14H23N5S. The Hall–Kier alpha value is -1.24. The predicted molar refractivity (Wildman–Crippen MR) is 82.5 cm³/mol. The maximum absolute atomic E-state index is 5.71. The molecule has 0 saturated heterocycles. The molecule has 0 saturated carbocycles. The van der Waals surface area contributed by atoms with E-state index in [1.165, 1.54) is 0 Å². The van der Waals surface area contributed by atoms with Gasteiger partial charge in [0.1, 0.15) is 0 Å². The molecule has 6 heteroatoms. The molecule has 2 rings (SSSR count). The van der Waals surface area contributed by atoms with Crippen molar-refractivity contribution in [2.45, 2.75) is 45.6 Å². The smallest absolute Gasteiger partial charge is 0.0948 e. The zero-order valence-electron chi connectivity index (χ0n) is 12.8. The lowest BCUT2D eigenvalue weighted by molar-refractivity contribution is 0.539. The van der Waals surface area contributed by atoms with E-state index in [2.05, 4.69) is 36.7 Å². The highest BCUT2D eigenvalue weighted by Gasteiger charge is 2.21. The van der Waals surface area contributed by atoms with E-state index in [4.69, 9.17) is 10.8 Å². The lowest BCUT2D eigenvalue weighted by Gasteiger charge is -2.15. The van der Waals surface area contributed by atoms with Crippen LogP contribution in [0.15, 0.2) is 11.6 Å². The van der Waals surface area contributed by atoms with Gasteiger partial charge in [-0.2, -0.15) is 5.10 Å². The highest BCUT2D eigenvalue weighted by atomic mass is 32.1. The van der Waals surface area contributed by atoms with E-state index in [1.54, 1.807) is 11.3 Å². The van der Waals surface area contributed by atoms with Crippen LogP contribution in [0.25, 0.3) is 0 Å². The number of hydrogen-bond donors (Lipinski definition) is 2. The van der Waals surface area contributed by atoms with Crippen molar-refractivity contribution < 1.29 is 0 Å². The van der Waals surface area contributed by atoms with Gasteiger partial charge in [0.25, 0.3) is 0 Å². The summed E-state index contributed by atoms with van der Waals surface area (Å²) in [5.41, 5.74) is 6.24. The van der Waals surface area contributed by atoms with E-state index in [0.717, 1.165) is 28.4 Å². The lowest BCUT2D eigenvalue weighted by atomic mass is 9.93. The predicted octanol–water partition coefficient (Wildman–Crippen LogP) is 2.23. The fraction of sp³-hybridized carbons (Fsp3) is 0.571. The summed E-state index contributed by atoms with van der Waals surface area (Å²) in [6, 6.07) is 0.0441. The molecule has 0 radical (unpaired) electrons. The maximum Gasteiger partial charge on any atom is 0.0948 e. The second-order valence-electron chi connectivity index (χ2n) is 6.14. The summed E-state index contributed by atoms with van der Waals surface area (Å²) in [4.78, 5) is 4.73. The number of thiazole rings is 1. The van der Waals surface area contributed by atoms with Gasteiger partial charge in [-0.3, -0.25) is 16.0 Å². The van der Waals surface area contributed by atoms with E-state index >= 15 is 0 Å². The van der Waals surface area contributed by atoms with Crippen molar-refractivity contribution in [1.29, 1.82) is 0 Å². The van der Waals surface area contributed by atoms with Gasteiger partial charge in [0.15, 0.2) is 0 Å². The Bertz CT molecular complexity index is 579. The summed E-state index contributed by atoms with van der Waals surface area (Å²) in [6.07, 6.45) is 2.79. The van der Waals surface area contributed by atoms with Crippen molar-refractivity contribution >= 4 is 11.3 Å². The normalized spacial score (nSPS) is 13.7. The molecule has 5 nitrogen and oxygen atoms in total. The topological polar surface area (TPSA) is 68.8 Å². The van der Waals surface area contributed by atoms with Crippen molar-refractivity contribution in [3.63, 3.8) is 0 Å². The van der Waals surface area contributed by atoms with Crippen LogP contribution in [0.4, 0.5) is 0 Å². The minimum atomic E-state index is 0.0441. The van der Waals surface area contributed by atoms with Gasteiger partial charge in [-0.15, -0.1) is 11.3 Å². The first-order valence-corrected chi connectivity index (χ1v) is 7.60. The Morgan fingerprint density at radius 1 is 1.45 bits per heavy atom. The number of aromatic nitrogens is 3. The van der Waals surface area contributed by atoms with Crippen molar-refractivity contribution in [2.75, 3.05) is 0 Å². The third-order valence-electron chi connectivity index (χ3n) is 3.33. The van der Waals surface area contributed by atoms with E-state index in [1.807, 2.05) is 24.9 Å². The van der Waals surface area contributed by atoms with Gasteiger partial charge >= 0.3 is 0 Å². The molecule has 2 aromatic rings. The van der Waals surface area contributed by atoms with Crippen LogP contribution in [0.2, 0.25) is 0 Å². The monoisotopic (exact) mass is 293 g/mol. The molecule has 110 valence electrons. The molecule has 20 heavy (non-hydrogen) atoms. The van der Waals surface area contributed by atoms with Gasteiger partial charge in [0.2, 0.25) is 0 Å². The van der Waals surface area contributed by atoms with Gasteiger partial charge in [-0.05, 0) is 6.92 Å². The summed E-state index contributed by atoms with van der Waals surface area (Å²) in [5, 5.41) is 7.61. The summed E-state index contributed by atoms with van der Waals surface area (Å²) in [5.74, 6) is 5.71. The Balaban J connectivity index is 2.19. The van der Waals surface area contributed by atoms with E-state index < -0.39 is 0 Å². The van der Waals surface area contributed by atoms with E-state index in [0.29, 0.717) is 0 Å². The van der Waals surface area contributed by atoms with Crippen LogP contribution in [-0.4, -0.2) is 14.8 Å². The summed E-state index contributed by atoms with van der Waals surface area (Å²) in [7, 11) is 1.92. The van der Waals surface area contributed by atoms with Gasteiger partial charge in [-0.25, -0.2) is 4.98 Å². The van der Waals surface area contributed by atoms with Crippen LogP contribution in [0.1, 0.15) is 48.8 Å². The van der Waals surface area contributed by atoms with Crippen LogP contribution >= 0.6 is 11.3 Å². The molecule has 0 fully saturated rings. The van der Waals surface area contributed by atoms with E-state index in [9.17, 15) is 0 Å². The van der Waals surface area contributed by atoms with Crippen LogP contribution in [0.5, 0.6) is 0 Å². The molecule has 1 atom stereocenters. The molecule has 3 N–H and O–H groups in total. The SMILES string of the molecule is Cc1nn(C)cc1C(Cc1nc(C(C)(C)C)cs1)NN. The number of aryl methyl sites for hydroxylation is 2. The minimum absolute atomic E-state index is 0.0441. The van der Waals surface area contributed by atoms with Crippen LogP contribution < -0.4 is 11.3 Å². The largest absolute Gasteiger partial charge is 0.275 e. The zero-order chi connectivity index (χ0) is 14.9. The molecular weight excluding hydrogens is 270 g/mol. The number of hydrogen-bond acceptors (Lipinski definition) is 5. The van der Waals surface area contributed by atoms with Crippen molar-refractivity contribution in [3.8, 4) is 0 Å². The first-order valence-electron chi connectivity index (χ1n) is 6.72. The van der Waals surface area contributed by atoms with Gasteiger partial charge in [0, 0.05) is 36.0 Å². The molecule has 2 heterocycles. The van der Waals surface area contributed by atoms with Crippen LogP contribution in [-0.2, 0) is 18.9 Å². The number of rotatable bonds is 4. The zero-order valence-corrected chi connectivity index (χ0v) is 13.6. The third-order valence-corrected chi connectivity index (χ3v) is 4.20. The van der Waals surface area contributed by atoms with Crippen LogP contribution in [0, 0.1) is 6.92 Å². The molecule has 0 amide bonds. The first kappa shape index (κ1) is 15.2. The van der Waals surface area contributed by atoms with Gasteiger partial charge in [0.05, 0.1) is 22.4 Å². The number of nitrogens with one attached hydrogen (secondary N) is 1. The second kappa shape index (κ2) is 5.63. The standard InChI is InChI=1S/C14H23N5S/c1-9-10(7-19(5)18-9)11(17-15)6-13-16-12(8-20-13)14(2,3)4/h7-8,11,17H,6,15H2,1-5H3. The molecule has 0 bridgehead atoms. The Morgan fingerprint density at radius 3 is 2.60 bits per heavy atom. The molecule has 1 unspecified atom stereocenters. The average molecular weight is 293 g/mol. The molecule has 0 aliphatic carbocycles. The Kier molecular flexibility index (Phi) is 4.27. The van der Waals surface area contributed by atoms with Crippen molar-refractivity contribution in [1.82, 2.24) is 20.2 Å². The third kappa shape index (κ3) is 3.26. The van der Waals surface area contributed by atoms with Crippen LogP contribution in [0.3, 0.4) is 0 Å². The molecule has 2 aromatic heterocycles. The first-order chi connectivity index (χ1) is 9.31. The highest BCUT2D eigenvalue weighted by molar-refractivity contribution is 7.09. The van der Waals surface area contributed by atoms with Gasteiger partial charge < -0.3 is 0 Å². The quantitative estimate of drug-likeness (QED) is 0.670. The lowest BCUT2D eigenvalue weighted by Crippen LogP contribution is -2.29. The molecule has 0 aliphatic heterocycles. The summed E-state index contributed by atoms with van der Waals surface area (Å²) < 4.78 is 1.82. The fourth-order valence-electron chi connectivity index (χ4n) is 2.14. The summed E-state index contributed by atoms with van der Waals surface area (Å²) >= 11 is 1.69. The minimum Gasteiger partial charge on any atom is -0.275 e. The Morgan fingerprint density at radius 2 is 2.15 bits per heavy atom. The summed E-state index contributed by atoms with van der Waals surface area (Å²) in [6.45, 7) is 8.53. The highest BCUT2D eigenvalue weighted by Crippen LogP contribution is 2.27. The Labute approximate surface area is 124 Å². The fourth-order valence-corrected chi connectivity index (χ4v) is 3.21. The average Bonchev–Trinajstić information content (AvgIpc) is 2.92. The van der Waals surface area contributed by atoms with Crippen molar-refractivity contribution in [3.05, 3.63) is 33.5 Å². The number of nitrogens with zero attached hydrogens (tertiary/aromatic N) is 3. The second-order valence-corrected chi connectivity index (χ2v) is 7.09. The molecule has 0 aromatic carbocycles.